The fourth-order valence-electron chi connectivity index (χ4n) is 4.76. The van der Waals surface area contributed by atoms with Gasteiger partial charge in [-0.1, -0.05) is 24.3 Å². The lowest BCUT2D eigenvalue weighted by Crippen LogP contribution is -2.36. The standard InChI is InChI=1S/C19H21NO4/c1-2-24-14-6-4-3-5-13(14)20-17(21)15-11-7-8-12(16(15)18(22)23)19(11)9-10-19/h3-8,11-12,15-16H,2,9-10H2,1H3,(H,20,21)(H,22,23)/t11-,12-,15+,16-/m1/s1. The number of carbonyl (C=O) groups excluding carboxylic acids is 1. The molecular formula is C19H21NO4. The Kier molecular flexibility index (Phi) is 3.41. The smallest absolute Gasteiger partial charge is 0.307 e. The summed E-state index contributed by atoms with van der Waals surface area (Å²) in [6, 6.07) is 7.27. The maximum absolute atomic E-state index is 12.9. The molecule has 5 nitrogen and oxygen atoms in total. The van der Waals surface area contributed by atoms with Gasteiger partial charge in [0.15, 0.2) is 0 Å². The fourth-order valence-corrected chi connectivity index (χ4v) is 4.76. The number of amides is 1. The average molecular weight is 327 g/mol. The molecule has 2 saturated carbocycles. The maximum atomic E-state index is 12.9. The van der Waals surface area contributed by atoms with Gasteiger partial charge in [0.1, 0.15) is 5.75 Å². The van der Waals surface area contributed by atoms with Crippen molar-refractivity contribution < 1.29 is 19.4 Å². The summed E-state index contributed by atoms with van der Waals surface area (Å²) in [6.45, 7) is 2.39. The molecule has 3 aliphatic rings. The Hall–Kier alpha value is -2.30. The van der Waals surface area contributed by atoms with Crippen LogP contribution in [0.5, 0.6) is 5.75 Å². The Labute approximate surface area is 140 Å². The van der Waals surface area contributed by atoms with Crippen LogP contribution in [0.3, 0.4) is 0 Å². The van der Waals surface area contributed by atoms with Gasteiger partial charge in [-0.15, -0.1) is 0 Å². The van der Waals surface area contributed by atoms with Crippen LogP contribution in [0, 0.1) is 29.1 Å². The van der Waals surface area contributed by atoms with Gasteiger partial charge >= 0.3 is 5.97 Å². The number of carboxylic acids is 1. The summed E-state index contributed by atoms with van der Waals surface area (Å²) in [4.78, 5) is 24.7. The molecule has 0 heterocycles. The van der Waals surface area contributed by atoms with E-state index in [0.29, 0.717) is 18.0 Å². The van der Waals surface area contributed by atoms with Crippen LogP contribution in [0.2, 0.25) is 0 Å². The quantitative estimate of drug-likeness (QED) is 0.815. The van der Waals surface area contributed by atoms with Crippen molar-refractivity contribution in [1.29, 1.82) is 0 Å². The molecule has 0 aliphatic heterocycles. The van der Waals surface area contributed by atoms with Crippen LogP contribution >= 0.6 is 0 Å². The van der Waals surface area contributed by atoms with Crippen LogP contribution in [0.4, 0.5) is 5.69 Å². The largest absolute Gasteiger partial charge is 0.492 e. The molecule has 1 spiro atoms. The molecule has 2 N–H and O–H groups in total. The molecule has 24 heavy (non-hydrogen) atoms. The summed E-state index contributed by atoms with van der Waals surface area (Å²) in [5, 5.41) is 12.6. The first-order valence-electron chi connectivity index (χ1n) is 8.52. The lowest BCUT2D eigenvalue weighted by atomic mass is 9.82. The maximum Gasteiger partial charge on any atom is 0.307 e. The summed E-state index contributed by atoms with van der Waals surface area (Å²) in [5.41, 5.74) is 0.634. The number of anilines is 1. The number of para-hydroxylation sites is 2. The lowest BCUT2D eigenvalue weighted by Gasteiger charge is -2.24. The second-order valence-electron chi connectivity index (χ2n) is 6.98. The zero-order valence-electron chi connectivity index (χ0n) is 13.6. The van der Waals surface area contributed by atoms with E-state index in [9.17, 15) is 14.7 Å². The highest BCUT2D eigenvalue weighted by Gasteiger charge is 2.70. The predicted octanol–water partition coefficient (Wildman–Crippen LogP) is 2.94. The summed E-state index contributed by atoms with van der Waals surface area (Å²) in [7, 11) is 0. The molecule has 126 valence electrons. The zero-order valence-corrected chi connectivity index (χ0v) is 13.6. The summed E-state index contributed by atoms with van der Waals surface area (Å²) in [6.07, 6.45) is 6.14. The monoisotopic (exact) mass is 327 g/mol. The second-order valence-corrected chi connectivity index (χ2v) is 6.98. The van der Waals surface area contributed by atoms with Crippen molar-refractivity contribution >= 4 is 17.6 Å². The van der Waals surface area contributed by atoms with Gasteiger partial charge in [-0.05, 0) is 49.1 Å². The Morgan fingerprint density at radius 2 is 1.88 bits per heavy atom. The Bertz CT molecular complexity index is 722. The van der Waals surface area contributed by atoms with Gasteiger partial charge in [0.2, 0.25) is 5.91 Å². The molecule has 3 aliphatic carbocycles. The molecular weight excluding hydrogens is 306 g/mol. The number of hydrogen-bond acceptors (Lipinski definition) is 3. The molecule has 1 aromatic rings. The van der Waals surface area contributed by atoms with E-state index in [1.54, 1.807) is 12.1 Å². The first-order valence-corrected chi connectivity index (χ1v) is 8.52. The van der Waals surface area contributed by atoms with E-state index in [0.717, 1.165) is 12.8 Å². The lowest BCUT2D eigenvalue weighted by molar-refractivity contribution is -0.146. The van der Waals surface area contributed by atoms with Gasteiger partial charge in [-0.25, -0.2) is 0 Å². The van der Waals surface area contributed by atoms with E-state index >= 15 is 0 Å². The fraction of sp³-hybridized carbons (Fsp3) is 0.474. The van der Waals surface area contributed by atoms with Crippen molar-refractivity contribution in [3.63, 3.8) is 0 Å². The molecule has 0 saturated heterocycles. The van der Waals surface area contributed by atoms with E-state index in [2.05, 4.69) is 11.4 Å². The summed E-state index contributed by atoms with van der Waals surface area (Å²) in [5.74, 6) is -1.55. The van der Waals surface area contributed by atoms with E-state index in [4.69, 9.17) is 4.74 Å². The number of carboxylic acid groups (broad SMARTS) is 1. The first kappa shape index (κ1) is 15.2. The highest BCUT2D eigenvalue weighted by atomic mass is 16.5. The molecule has 0 aromatic heterocycles. The van der Waals surface area contributed by atoms with Crippen molar-refractivity contribution in [3.8, 4) is 5.75 Å². The molecule has 2 bridgehead atoms. The molecule has 2 fully saturated rings. The summed E-state index contributed by atoms with van der Waals surface area (Å²) >= 11 is 0. The third-order valence-corrected chi connectivity index (χ3v) is 5.87. The van der Waals surface area contributed by atoms with Crippen molar-refractivity contribution in [3.05, 3.63) is 36.4 Å². The molecule has 4 atom stereocenters. The first-order chi connectivity index (χ1) is 11.6. The number of nitrogens with one attached hydrogen (secondary N) is 1. The van der Waals surface area contributed by atoms with Gasteiger partial charge in [-0.2, -0.15) is 0 Å². The number of rotatable bonds is 5. The van der Waals surface area contributed by atoms with E-state index in [1.807, 2.05) is 25.1 Å². The molecule has 0 unspecified atom stereocenters. The van der Waals surface area contributed by atoms with Gasteiger partial charge < -0.3 is 15.2 Å². The van der Waals surface area contributed by atoms with Crippen LogP contribution in [0.1, 0.15) is 19.8 Å². The van der Waals surface area contributed by atoms with Crippen LogP contribution < -0.4 is 10.1 Å². The van der Waals surface area contributed by atoms with E-state index in [-0.39, 0.29) is 23.2 Å². The van der Waals surface area contributed by atoms with Crippen LogP contribution in [-0.4, -0.2) is 23.6 Å². The van der Waals surface area contributed by atoms with Gasteiger partial charge in [0, 0.05) is 0 Å². The normalized spacial score (nSPS) is 31.2. The molecule has 5 heteroatoms. The number of ether oxygens (including phenoxy) is 1. The topological polar surface area (TPSA) is 75.6 Å². The highest BCUT2D eigenvalue weighted by Crippen LogP contribution is 2.72. The van der Waals surface area contributed by atoms with Gasteiger partial charge in [0.05, 0.1) is 24.1 Å². The average Bonchev–Trinajstić information content (AvgIpc) is 3.22. The number of allylic oxidation sites excluding steroid dienone is 2. The summed E-state index contributed by atoms with van der Waals surface area (Å²) < 4.78 is 5.55. The van der Waals surface area contributed by atoms with E-state index in [1.165, 1.54) is 0 Å². The number of benzene rings is 1. The van der Waals surface area contributed by atoms with Crippen molar-refractivity contribution in [2.45, 2.75) is 19.8 Å². The van der Waals surface area contributed by atoms with E-state index < -0.39 is 17.8 Å². The van der Waals surface area contributed by atoms with Crippen molar-refractivity contribution in [1.82, 2.24) is 0 Å². The molecule has 1 aromatic carbocycles. The highest BCUT2D eigenvalue weighted by molar-refractivity contribution is 5.97. The van der Waals surface area contributed by atoms with Gasteiger partial charge in [0.25, 0.3) is 0 Å². The van der Waals surface area contributed by atoms with Crippen molar-refractivity contribution in [2.24, 2.45) is 29.1 Å². The van der Waals surface area contributed by atoms with Crippen molar-refractivity contribution in [2.75, 3.05) is 11.9 Å². The Morgan fingerprint density at radius 1 is 1.21 bits per heavy atom. The number of aliphatic carboxylic acids is 1. The van der Waals surface area contributed by atoms with Crippen LogP contribution in [0.15, 0.2) is 36.4 Å². The number of hydrogen-bond donors (Lipinski definition) is 2. The molecule has 4 rings (SSSR count). The molecule has 0 radical (unpaired) electrons. The molecule has 1 amide bonds. The second kappa shape index (κ2) is 5.36. The van der Waals surface area contributed by atoms with Crippen LogP contribution in [0.25, 0.3) is 0 Å². The third-order valence-electron chi connectivity index (χ3n) is 5.87. The minimum absolute atomic E-state index is 0.00196. The predicted molar refractivity (Wildman–Crippen MR) is 88.6 cm³/mol. The number of carbonyl (C=O) groups is 2. The minimum atomic E-state index is -0.864. The van der Waals surface area contributed by atoms with Gasteiger partial charge in [-0.3, -0.25) is 9.59 Å². The Balaban J connectivity index is 1.61. The van der Waals surface area contributed by atoms with Crippen LogP contribution in [-0.2, 0) is 9.59 Å². The minimum Gasteiger partial charge on any atom is -0.492 e. The Morgan fingerprint density at radius 3 is 2.50 bits per heavy atom. The zero-order chi connectivity index (χ0) is 16.9. The SMILES string of the molecule is CCOc1ccccc1NC(=O)[C@@H]1[C@H](C(=O)O)[C@H]2C=C[C@H]1C21CC1. The third kappa shape index (κ3) is 2.07.